The van der Waals surface area contributed by atoms with Crippen molar-refractivity contribution in [3.63, 3.8) is 0 Å². The molecule has 1 rings (SSSR count). The van der Waals surface area contributed by atoms with E-state index < -0.39 is 0 Å². The minimum Gasteiger partial charge on any atom is -0.303 e. The van der Waals surface area contributed by atoms with Crippen molar-refractivity contribution in [1.82, 2.24) is 10.3 Å². The zero-order valence-electron chi connectivity index (χ0n) is 9.83. The zero-order chi connectivity index (χ0) is 11.3. The predicted molar refractivity (Wildman–Crippen MR) is 60.9 cm³/mol. The van der Waals surface area contributed by atoms with Gasteiger partial charge in [-0.25, -0.2) is 5.84 Å². The molecule has 1 fully saturated rings. The number of hydrazine groups is 1. The molecule has 1 heterocycles. The lowest BCUT2D eigenvalue weighted by Crippen LogP contribution is -2.39. The number of amides is 1. The lowest BCUT2D eigenvalue weighted by molar-refractivity contribution is -0.121. The van der Waals surface area contributed by atoms with Crippen molar-refractivity contribution in [2.45, 2.75) is 33.1 Å². The Morgan fingerprint density at radius 2 is 2.20 bits per heavy atom. The van der Waals surface area contributed by atoms with Gasteiger partial charge >= 0.3 is 0 Å². The Kier molecular flexibility index (Phi) is 5.05. The minimum absolute atomic E-state index is 0.0616. The summed E-state index contributed by atoms with van der Waals surface area (Å²) in [5, 5.41) is 0. The van der Waals surface area contributed by atoms with E-state index in [1.165, 1.54) is 19.5 Å². The summed E-state index contributed by atoms with van der Waals surface area (Å²) in [6, 6.07) is 0. The number of nitrogens with two attached hydrogens (primary N) is 1. The van der Waals surface area contributed by atoms with Crippen molar-refractivity contribution in [2.75, 3.05) is 19.6 Å². The fraction of sp³-hybridized carbons (Fsp3) is 0.909. The van der Waals surface area contributed by atoms with E-state index in [1.807, 2.05) is 0 Å². The summed E-state index contributed by atoms with van der Waals surface area (Å²) >= 11 is 0. The number of rotatable bonds is 4. The molecule has 1 amide bonds. The molecule has 1 aliphatic heterocycles. The first-order valence-electron chi connectivity index (χ1n) is 5.85. The molecular weight excluding hydrogens is 190 g/mol. The Hall–Kier alpha value is -0.610. The van der Waals surface area contributed by atoms with Crippen LogP contribution in [0.25, 0.3) is 0 Å². The molecule has 3 N–H and O–H groups in total. The van der Waals surface area contributed by atoms with Crippen LogP contribution in [0, 0.1) is 11.8 Å². The van der Waals surface area contributed by atoms with Gasteiger partial charge in [0, 0.05) is 13.0 Å². The third kappa shape index (κ3) is 4.18. The van der Waals surface area contributed by atoms with Gasteiger partial charge in [-0.3, -0.25) is 10.2 Å². The highest BCUT2D eigenvalue weighted by molar-refractivity contribution is 5.75. The van der Waals surface area contributed by atoms with Crippen LogP contribution in [-0.2, 0) is 4.79 Å². The van der Waals surface area contributed by atoms with E-state index in [4.69, 9.17) is 5.84 Å². The molecule has 1 aliphatic rings. The van der Waals surface area contributed by atoms with Gasteiger partial charge in [0.25, 0.3) is 0 Å². The van der Waals surface area contributed by atoms with Gasteiger partial charge in [0.05, 0.1) is 0 Å². The third-order valence-corrected chi connectivity index (χ3v) is 3.46. The molecule has 0 spiro atoms. The molecule has 2 atom stereocenters. The van der Waals surface area contributed by atoms with Crippen molar-refractivity contribution >= 4 is 5.91 Å². The predicted octanol–water partition coefficient (Wildman–Crippen LogP) is 0.734. The van der Waals surface area contributed by atoms with Crippen LogP contribution in [0.3, 0.4) is 0 Å². The second-order valence-corrected chi connectivity index (χ2v) is 4.71. The van der Waals surface area contributed by atoms with Gasteiger partial charge in [0.1, 0.15) is 0 Å². The van der Waals surface area contributed by atoms with E-state index in [0.717, 1.165) is 24.8 Å². The quantitative estimate of drug-likeness (QED) is 0.411. The van der Waals surface area contributed by atoms with E-state index in [0.29, 0.717) is 6.42 Å². The van der Waals surface area contributed by atoms with Crippen molar-refractivity contribution in [1.29, 1.82) is 0 Å². The molecule has 4 nitrogen and oxygen atoms in total. The Morgan fingerprint density at radius 3 is 2.80 bits per heavy atom. The van der Waals surface area contributed by atoms with Gasteiger partial charge < -0.3 is 4.90 Å². The first-order valence-corrected chi connectivity index (χ1v) is 5.85. The maximum absolute atomic E-state index is 10.9. The highest BCUT2D eigenvalue weighted by Gasteiger charge is 2.21. The van der Waals surface area contributed by atoms with E-state index in [2.05, 4.69) is 24.2 Å². The van der Waals surface area contributed by atoms with E-state index >= 15 is 0 Å². The second kappa shape index (κ2) is 6.08. The fourth-order valence-corrected chi connectivity index (χ4v) is 2.09. The Labute approximate surface area is 92.2 Å². The maximum atomic E-state index is 10.9. The number of hydrogen-bond acceptors (Lipinski definition) is 3. The zero-order valence-corrected chi connectivity index (χ0v) is 9.83. The van der Waals surface area contributed by atoms with Crippen LogP contribution in [0.1, 0.15) is 33.1 Å². The fourth-order valence-electron chi connectivity index (χ4n) is 2.09. The summed E-state index contributed by atoms with van der Waals surface area (Å²) in [4.78, 5) is 13.4. The summed E-state index contributed by atoms with van der Waals surface area (Å²) < 4.78 is 0. The van der Waals surface area contributed by atoms with Crippen LogP contribution in [0.2, 0.25) is 0 Å². The maximum Gasteiger partial charge on any atom is 0.233 e. The molecule has 0 saturated carbocycles. The molecule has 0 bridgehead atoms. The Balaban J connectivity index is 2.14. The minimum atomic E-state index is -0.0616. The summed E-state index contributed by atoms with van der Waals surface area (Å²) in [5.74, 6) is 6.58. The summed E-state index contributed by atoms with van der Waals surface area (Å²) in [6.45, 7) is 8.00. The number of nitrogens with one attached hydrogen (secondary N) is 1. The lowest BCUT2D eigenvalue weighted by Gasteiger charge is -2.35. The highest BCUT2D eigenvalue weighted by Crippen LogP contribution is 2.22. The molecule has 0 aliphatic carbocycles. The standard InChI is InChI=1S/C11H23N3O/c1-9-5-7-14(8-10(9)2)6-3-4-11(15)13-12/h9-10H,3-8,12H2,1-2H3,(H,13,15). The topological polar surface area (TPSA) is 58.4 Å². The normalized spacial score (nSPS) is 27.7. The van der Waals surface area contributed by atoms with Crippen LogP contribution >= 0.6 is 0 Å². The van der Waals surface area contributed by atoms with Gasteiger partial charge in [-0.15, -0.1) is 0 Å². The van der Waals surface area contributed by atoms with Crippen LogP contribution < -0.4 is 11.3 Å². The molecule has 0 aromatic heterocycles. The van der Waals surface area contributed by atoms with Crippen LogP contribution in [0.4, 0.5) is 0 Å². The van der Waals surface area contributed by atoms with Crippen molar-refractivity contribution in [3.05, 3.63) is 0 Å². The average molecular weight is 213 g/mol. The number of piperidine rings is 1. The first kappa shape index (κ1) is 12.5. The molecule has 15 heavy (non-hydrogen) atoms. The van der Waals surface area contributed by atoms with Crippen LogP contribution in [-0.4, -0.2) is 30.4 Å². The summed E-state index contributed by atoms with van der Waals surface area (Å²) in [6.07, 6.45) is 2.73. The van der Waals surface area contributed by atoms with E-state index in [9.17, 15) is 4.79 Å². The number of likely N-dealkylation sites (tertiary alicyclic amines) is 1. The van der Waals surface area contributed by atoms with Gasteiger partial charge in [-0.2, -0.15) is 0 Å². The summed E-state index contributed by atoms with van der Waals surface area (Å²) in [5.41, 5.74) is 2.16. The highest BCUT2D eigenvalue weighted by atomic mass is 16.2. The second-order valence-electron chi connectivity index (χ2n) is 4.71. The SMILES string of the molecule is CC1CCN(CCCC(=O)NN)CC1C. The van der Waals surface area contributed by atoms with E-state index in [1.54, 1.807) is 0 Å². The van der Waals surface area contributed by atoms with Crippen molar-refractivity contribution in [2.24, 2.45) is 17.7 Å². The largest absolute Gasteiger partial charge is 0.303 e. The monoisotopic (exact) mass is 213 g/mol. The van der Waals surface area contributed by atoms with Crippen LogP contribution in [0.15, 0.2) is 0 Å². The Bertz CT molecular complexity index is 208. The van der Waals surface area contributed by atoms with Gasteiger partial charge in [0.15, 0.2) is 0 Å². The van der Waals surface area contributed by atoms with E-state index in [-0.39, 0.29) is 5.91 Å². The van der Waals surface area contributed by atoms with Crippen molar-refractivity contribution < 1.29 is 4.79 Å². The number of carbonyl (C=O) groups excluding carboxylic acids is 1. The molecular formula is C11H23N3O. The summed E-state index contributed by atoms with van der Waals surface area (Å²) in [7, 11) is 0. The number of carbonyl (C=O) groups is 1. The Morgan fingerprint density at radius 1 is 1.47 bits per heavy atom. The molecule has 0 aromatic rings. The van der Waals surface area contributed by atoms with Crippen molar-refractivity contribution in [3.8, 4) is 0 Å². The average Bonchev–Trinajstić information content (AvgIpc) is 2.23. The lowest BCUT2D eigenvalue weighted by atomic mass is 9.88. The molecule has 0 radical (unpaired) electrons. The number of hydrogen-bond donors (Lipinski definition) is 2. The molecule has 2 unspecified atom stereocenters. The van der Waals surface area contributed by atoms with Crippen LogP contribution in [0.5, 0.6) is 0 Å². The molecule has 1 saturated heterocycles. The molecule has 0 aromatic carbocycles. The van der Waals surface area contributed by atoms with Gasteiger partial charge in [-0.05, 0) is 37.8 Å². The van der Waals surface area contributed by atoms with Gasteiger partial charge in [-0.1, -0.05) is 13.8 Å². The van der Waals surface area contributed by atoms with Gasteiger partial charge in [0.2, 0.25) is 5.91 Å². The molecule has 88 valence electrons. The first-order chi connectivity index (χ1) is 7.13. The smallest absolute Gasteiger partial charge is 0.233 e. The third-order valence-electron chi connectivity index (χ3n) is 3.46. The molecule has 4 heteroatoms. The number of nitrogens with zero attached hydrogens (tertiary/aromatic N) is 1.